The van der Waals surface area contributed by atoms with Crippen molar-refractivity contribution in [2.75, 3.05) is 11.9 Å². The number of amides is 4. The van der Waals surface area contributed by atoms with Crippen molar-refractivity contribution in [2.45, 2.75) is 32.7 Å². The molecular weight excluding hydrogens is 442 g/mol. The highest BCUT2D eigenvalue weighted by atomic mass is 16.2. The van der Waals surface area contributed by atoms with Gasteiger partial charge in [0.1, 0.15) is 0 Å². The average Bonchev–Trinajstić information content (AvgIpc) is 3.12. The molecule has 7 heteroatoms. The van der Waals surface area contributed by atoms with Gasteiger partial charge in [0, 0.05) is 17.7 Å². The fourth-order valence-corrected chi connectivity index (χ4v) is 4.16. The molecule has 35 heavy (non-hydrogen) atoms. The molecule has 0 radical (unpaired) electrons. The summed E-state index contributed by atoms with van der Waals surface area (Å²) in [6, 6.07) is 20.5. The molecular formula is C28H27N3O4. The van der Waals surface area contributed by atoms with E-state index in [1.165, 1.54) is 0 Å². The number of carbonyl (C=O) groups is 4. The van der Waals surface area contributed by atoms with Crippen LogP contribution in [0.25, 0.3) is 0 Å². The van der Waals surface area contributed by atoms with Gasteiger partial charge in [-0.25, -0.2) is 4.79 Å². The van der Waals surface area contributed by atoms with Gasteiger partial charge in [-0.3, -0.25) is 19.3 Å². The van der Waals surface area contributed by atoms with Crippen molar-refractivity contribution in [1.82, 2.24) is 10.2 Å². The zero-order valence-corrected chi connectivity index (χ0v) is 19.9. The lowest BCUT2D eigenvalue weighted by Gasteiger charge is -2.28. The van der Waals surface area contributed by atoms with Gasteiger partial charge in [0.2, 0.25) is 5.91 Å². The van der Waals surface area contributed by atoms with Gasteiger partial charge in [-0.05, 0) is 60.4 Å². The molecule has 1 aliphatic rings. The molecule has 1 aliphatic heterocycles. The number of anilines is 1. The monoisotopic (exact) mass is 469 g/mol. The molecule has 1 saturated heterocycles. The molecule has 1 atom stereocenters. The minimum Gasteiger partial charge on any atom is -0.326 e. The Hall–Kier alpha value is -4.26. The van der Waals surface area contributed by atoms with Crippen LogP contribution >= 0.6 is 0 Å². The van der Waals surface area contributed by atoms with Crippen LogP contribution in [0.15, 0.2) is 72.8 Å². The third-order valence-corrected chi connectivity index (χ3v) is 6.37. The van der Waals surface area contributed by atoms with Crippen LogP contribution in [0.4, 0.5) is 10.5 Å². The van der Waals surface area contributed by atoms with Crippen LogP contribution < -0.4 is 10.6 Å². The number of rotatable bonds is 7. The van der Waals surface area contributed by atoms with Crippen LogP contribution in [0, 0.1) is 13.8 Å². The Bertz CT molecular complexity index is 1300. The standard InChI is InChI=1S/C28H27N3O4/c1-4-25(33)29-23-14-11-20(12-15-23)24(32)17-31-26(34)28(30-27(31)35,21-8-6-5-7-9-21)22-13-10-18(2)19(3)16-22/h5-16H,4,17H2,1-3H3,(H,29,33)(H,30,35)/t28-/m0/s1. The van der Waals surface area contributed by atoms with Crippen molar-refractivity contribution in [3.8, 4) is 0 Å². The van der Waals surface area contributed by atoms with E-state index >= 15 is 0 Å². The van der Waals surface area contributed by atoms with Crippen molar-refractivity contribution in [3.63, 3.8) is 0 Å². The average molecular weight is 470 g/mol. The van der Waals surface area contributed by atoms with Crippen LogP contribution in [0.5, 0.6) is 0 Å². The summed E-state index contributed by atoms with van der Waals surface area (Å²) >= 11 is 0. The van der Waals surface area contributed by atoms with Gasteiger partial charge < -0.3 is 10.6 Å². The molecule has 0 aliphatic carbocycles. The first-order valence-electron chi connectivity index (χ1n) is 11.5. The Morgan fingerprint density at radius 1 is 0.886 bits per heavy atom. The van der Waals surface area contributed by atoms with E-state index in [4.69, 9.17) is 0 Å². The minimum atomic E-state index is -1.43. The highest BCUT2D eigenvalue weighted by Gasteiger charge is 2.54. The van der Waals surface area contributed by atoms with E-state index in [2.05, 4.69) is 10.6 Å². The number of aryl methyl sites for hydroxylation is 2. The number of Topliss-reactive ketones (excluding diaryl/α,β-unsaturated/α-hetero) is 1. The van der Waals surface area contributed by atoms with Crippen LogP contribution in [0.2, 0.25) is 0 Å². The van der Waals surface area contributed by atoms with Crippen molar-refractivity contribution >= 4 is 29.3 Å². The molecule has 0 spiro atoms. The van der Waals surface area contributed by atoms with E-state index in [9.17, 15) is 19.2 Å². The Labute approximate surface area is 204 Å². The van der Waals surface area contributed by atoms with Crippen molar-refractivity contribution in [3.05, 3.63) is 101 Å². The molecule has 3 aromatic rings. The van der Waals surface area contributed by atoms with E-state index in [0.717, 1.165) is 16.0 Å². The maximum absolute atomic E-state index is 13.9. The zero-order chi connectivity index (χ0) is 25.2. The summed E-state index contributed by atoms with van der Waals surface area (Å²) < 4.78 is 0. The van der Waals surface area contributed by atoms with E-state index in [1.807, 2.05) is 50.2 Å². The maximum atomic E-state index is 13.9. The van der Waals surface area contributed by atoms with Crippen molar-refractivity contribution < 1.29 is 19.2 Å². The van der Waals surface area contributed by atoms with Gasteiger partial charge in [0.05, 0.1) is 6.54 Å². The Morgan fingerprint density at radius 2 is 1.57 bits per heavy atom. The summed E-state index contributed by atoms with van der Waals surface area (Å²) in [6.07, 6.45) is 0.344. The predicted octanol–water partition coefficient (Wildman–Crippen LogP) is 4.33. The first-order chi connectivity index (χ1) is 16.8. The minimum absolute atomic E-state index is 0.132. The predicted molar refractivity (Wildman–Crippen MR) is 133 cm³/mol. The highest BCUT2D eigenvalue weighted by molar-refractivity contribution is 6.13. The molecule has 0 bridgehead atoms. The molecule has 178 valence electrons. The molecule has 1 heterocycles. The lowest BCUT2D eigenvalue weighted by Crippen LogP contribution is -2.45. The highest BCUT2D eigenvalue weighted by Crippen LogP contribution is 2.37. The number of ketones is 1. The zero-order valence-electron chi connectivity index (χ0n) is 19.9. The second-order valence-electron chi connectivity index (χ2n) is 8.64. The lowest BCUT2D eigenvalue weighted by molar-refractivity contribution is -0.130. The van der Waals surface area contributed by atoms with Gasteiger partial charge in [-0.1, -0.05) is 55.5 Å². The number of urea groups is 1. The summed E-state index contributed by atoms with van der Waals surface area (Å²) in [6.45, 7) is 5.28. The second kappa shape index (κ2) is 9.54. The molecule has 0 unspecified atom stereocenters. The molecule has 2 N–H and O–H groups in total. The van der Waals surface area contributed by atoms with E-state index in [-0.39, 0.29) is 11.7 Å². The van der Waals surface area contributed by atoms with Gasteiger partial charge in [-0.15, -0.1) is 0 Å². The molecule has 0 aromatic heterocycles. The van der Waals surface area contributed by atoms with Gasteiger partial charge in [-0.2, -0.15) is 0 Å². The molecule has 1 fully saturated rings. The van der Waals surface area contributed by atoms with Crippen LogP contribution in [-0.4, -0.2) is 35.1 Å². The number of hydrogen-bond donors (Lipinski definition) is 2. The fraction of sp³-hybridized carbons (Fsp3) is 0.214. The van der Waals surface area contributed by atoms with E-state index in [1.54, 1.807) is 43.3 Å². The van der Waals surface area contributed by atoms with Crippen LogP contribution in [0.3, 0.4) is 0 Å². The number of nitrogens with one attached hydrogen (secondary N) is 2. The van der Waals surface area contributed by atoms with Gasteiger partial charge >= 0.3 is 6.03 Å². The SMILES string of the molecule is CCC(=O)Nc1ccc(C(=O)CN2C(=O)N[C@@](c3ccccc3)(c3ccc(C)c(C)c3)C2=O)cc1. The number of nitrogens with zero attached hydrogens (tertiary/aromatic N) is 1. The largest absolute Gasteiger partial charge is 0.326 e. The lowest BCUT2D eigenvalue weighted by atomic mass is 9.81. The number of carbonyl (C=O) groups excluding carboxylic acids is 4. The number of hydrogen-bond acceptors (Lipinski definition) is 4. The fourth-order valence-electron chi connectivity index (χ4n) is 4.16. The maximum Gasteiger partial charge on any atom is 0.325 e. The van der Waals surface area contributed by atoms with Crippen molar-refractivity contribution in [2.24, 2.45) is 0 Å². The molecule has 4 rings (SSSR count). The summed E-state index contributed by atoms with van der Waals surface area (Å²) in [5.41, 5.74) is 2.79. The van der Waals surface area contributed by atoms with E-state index in [0.29, 0.717) is 28.8 Å². The summed E-state index contributed by atoms with van der Waals surface area (Å²) in [5, 5.41) is 5.60. The summed E-state index contributed by atoms with van der Waals surface area (Å²) in [5.74, 6) is -1.02. The normalized spacial score (nSPS) is 17.3. The molecule has 0 saturated carbocycles. The van der Waals surface area contributed by atoms with Crippen LogP contribution in [-0.2, 0) is 15.1 Å². The first-order valence-corrected chi connectivity index (χ1v) is 11.5. The molecule has 4 amide bonds. The third-order valence-electron chi connectivity index (χ3n) is 6.37. The number of imide groups is 1. The Balaban J connectivity index is 1.65. The summed E-state index contributed by atoms with van der Waals surface area (Å²) in [7, 11) is 0. The molecule has 7 nitrogen and oxygen atoms in total. The van der Waals surface area contributed by atoms with E-state index < -0.39 is 24.0 Å². The first kappa shape index (κ1) is 23.9. The molecule has 3 aromatic carbocycles. The topological polar surface area (TPSA) is 95.6 Å². The van der Waals surface area contributed by atoms with Crippen molar-refractivity contribution in [1.29, 1.82) is 0 Å². The second-order valence-corrected chi connectivity index (χ2v) is 8.64. The van der Waals surface area contributed by atoms with Crippen LogP contribution in [0.1, 0.15) is 46.0 Å². The smallest absolute Gasteiger partial charge is 0.325 e. The van der Waals surface area contributed by atoms with Gasteiger partial charge in [0.15, 0.2) is 11.3 Å². The van der Waals surface area contributed by atoms with Gasteiger partial charge in [0.25, 0.3) is 5.91 Å². The number of benzene rings is 3. The third kappa shape index (κ3) is 4.45. The quantitative estimate of drug-likeness (QED) is 0.398. The Morgan fingerprint density at radius 3 is 2.20 bits per heavy atom. The Kier molecular flexibility index (Phi) is 6.51. The summed E-state index contributed by atoms with van der Waals surface area (Å²) in [4.78, 5) is 52.5.